The average molecular weight is 1620 g/mol. The summed E-state index contributed by atoms with van der Waals surface area (Å²) in [6, 6.07) is 0. The summed E-state index contributed by atoms with van der Waals surface area (Å²) in [4.78, 5) is 73.4. The molecule has 0 aromatic carbocycles. The first kappa shape index (κ1) is 109. The lowest BCUT2D eigenvalue weighted by molar-refractivity contribution is -0.161. The van der Waals surface area contributed by atoms with Crippen molar-refractivity contribution in [3.63, 3.8) is 0 Å². The van der Waals surface area contributed by atoms with E-state index in [1.807, 2.05) is 0 Å². The monoisotopic (exact) mass is 1620 g/mol. The van der Waals surface area contributed by atoms with Gasteiger partial charge in [-0.2, -0.15) is 0 Å². The van der Waals surface area contributed by atoms with Crippen molar-refractivity contribution in [1.82, 2.24) is 0 Å². The molecular weight excluding hydrogens is 1440 g/mol. The van der Waals surface area contributed by atoms with Crippen LogP contribution < -0.4 is 0 Å². The number of rotatable bonds is 91. The third-order valence-electron chi connectivity index (χ3n) is 22.1. The molecule has 3 unspecified atom stereocenters. The summed E-state index contributed by atoms with van der Waals surface area (Å²) in [7, 11) is -9.93. The number of phosphoric acid groups is 2. The van der Waals surface area contributed by atoms with Gasteiger partial charge in [0.25, 0.3) is 0 Å². The van der Waals surface area contributed by atoms with Gasteiger partial charge in [-0.25, -0.2) is 9.13 Å². The van der Waals surface area contributed by atoms with Gasteiger partial charge in [0.05, 0.1) is 26.4 Å². The van der Waals surface area contributed by atoms with Gasteiger partial charge in [0, 0.05) is 25.7 Å². The minimum atomic E-state index is -4.97. The lowest BCUT2D eigenvalue weighted by atomic mass is 9.99. The molecule has 0 fully saturated rings. The fraction of sp³-hybridized carbons (Fsp3) is 0.957. The Morgan fingerprint density at radius 3 is 0.685 bits per heavy atom. The molecule has 6 atom stereocenters. The molecule has 0 amide bonds. The summed E-state index contributed by atoms with van der Waals surface area (Å²) in [6.07, 6.45) is 77.8. The molecule has 3 N–H and O–H groups in total. The molecule has 0 saturated heterocycles. The van der Waals surface area contributed by atoms with Crippen molar-refractivity contribution >= 4 is 39.5 Å². The van der Waals surface area contributed by atoms with Gasteiger partial charge >= 0.3 is 39.5 Å². The van der Waals surface area contributed by atoms with Crippen molar-refractivity contribution in [2.45, 2.75) is 516 Å². The smallest absolute Gasteiger partial charge is 0.462 e. The Hall–Kier alpha value is -1.94. The second-order valence-electron chi connectivity index (χ2n) is 33.8. The quantitative estimate of drug-likeness (QED) is 0.0222. The third-order valence-corrected chi connectivity index (χ3v) is 24.0. The third kappa shape index (κ3) is 84.3. The van der Waals surface area contributed by atoms with Crippen LogP contribution in [0.5, 0.6) is 0 Å². The van der Waals surface area contributed by atoms with Crippen LogP contribution in [-0.2, 0) is 65.4 Å². The van der Waals surface area contributed by atoms with Gasteiger partial charge in [-0.05, 0) is 37.5 Å². The highest BCUT2D eigenvalue weighted by Gasteiger charge is 2.31. The lowest BCUT2D eigenvalue weighted by Gasteiger charge is -2.21. The second kappa shape index (κ2) is 83.1. The number of aliphatic hydroxyl groups excluding tert-OH is 1. The Kier molecular flexibility index (Phi) is 81.7. The number of hydrogen-bond acceptors (Lipinski definition) is 15. The summed E-state index contributed by atoms with van der Waals surface area (Å²) in [5.74, 6) is -0.400. The Balaban J connectivity index is 5.21. The Labute approximate surface area is 683 Å². The Bertz CT molecular complexity index is 2120. The first-order chi connectivity index (χ1) is 53.9. The van der Waals surface area contributed by atoms with Crippen molar-refractivity contribution < 1.29 is 80.2 Å². The summed E-state index contributed by atoms with van der Waals surface area (Å²) >= 11 is 0. The number of hydrogen-bond donors (Lipinski definition) is 3. The fourth-order valence-electron chi connectivity index (χ4n) is 14.4. The van der Waals surface area contributed by atoms with Crippen LogP contribution in [0.2, 0.25) is 0 Å². The van der Waals surface area contributed by atoms with Gasteiger partial charge in [-0.15, -0.1) is 0 Å². The van der Waals surface area contributed by atoms with E-state index in [1.54, 1.807) is 0 Å². The molecule has 0 aromatic rings. The van der Waals surface area contributed by atoms with Gasteiger partial charge in [-0.1, -0.05) is 446 Å². The molecule has 0 rings (SSSR count). The molecule has 0 aliphatic rings. The summed E-state index contributed by atoms with van der Waals surface area (Å²) in [5.41, 5.74) is 0. The van der Waals surface area contributed by atoms with E-state index in [4.69, 9.17) is 37.0 Å². The van der Waals surface area contributed by atoms with E-state index in [1.165, 1.54) is 315 Å². The summed E-state index contributed by atoms with van der Waals surface area (Å²) < 4.78 is 69.1. The maximum atomic E-state index is 13.2. The highest BCUT2D eigenvalue weighted by Crippen LogP contribution is 2.45. The molecule has 17 nitrogen and oxygen atoms in total. The van der Waals surface area contributed by atoms with E-state index in [2.05, 4.69) is 41.5 Å². The molecule has 0 aromatic heterocycles. The molecule has 0 bridgehead atoms. The van der Waals surface area contributed by atoms with Crippen molar-refractivity contribution in [1.29, 1.82) is 0 Å². The number of phosphoric ester groups is 2. The van der Waals surface area contributed by atoms with Crippen LogP contribution in [0.1, 0.15) is 497 Å². The predicted octanol–water partition coefficient (Wildman–Crippen LogP) is 28.6. The first-order valence-electron chi connectivity index (χ1n) is 47.5. The minimum absolute atomic E-state index is 0.109. The standard InChI is InChI=1S/C92H180O17P2/c1-7-10-12-14-16-18-20-21-22-23-30-36-41-46-52-58-64-70-76-91(96)108-87(80-102-89(94)74-68-62-56-50-19-17-15-13-11-8-2)82-106-110(98,99)104-78-86(93)79-105-111(100,101)107-83-88(81-103-90(95)75-69-63-57-51-45-40-35-31-26-24-28-33-38-43-48-54-60-66-72-84(4)5)109-92(97)77-71-65-59-53-47-42-37-32-27-25-29-34-39-44-49-55-61-67-73-85(6)9-3/h84-88,93H,7-83H2,1-6H3,(H,98,99)(H,100,101)/t85?,86-,87+,88+/m0/s1. The van der Waals surface area contributed by atoms with Crippen LogP contribution in [0, 0.1) is 11.8 Å². The molecule has 0 aliphatic carbocycles. The molecule has 0 spiro atoms. The largest absolute Gasteiger partial charge is 0.472 e. The van der Waals surface area contributed by atoms with Crippen LogP contribution in [0.4, 0.5) is 0 Å². The number of carbonyl (C=O) groups is 4. The number of aliphatic hydroxyl groups is 1. The maximum absolute atomic E-state index is 13.2. The Morgan fingerprint density at radius 1 is 0.261 bits per heavy atom. The van der Waals surface area contributed by atoms with Gasteiger partial charge < -0.3 is 33.8 Å². The van der Waals surface area contributed by atoms with Crippen molar-refractivity contribution in [2.75, 3.05) is 39.6 Å². The molecule has 0 aliphatic heterocycles. The van der Waals surface area contributed by atoms with Crippen LogP contribution in [-0.4, -0.2) is 96.7 Å². The molecule has 111 heavy (non-hydrogen) atoms. The van der Waals surface area contributed by atoms with E-state index in [0.717, 1.165) is 102 Å². The van der Waals surface area contributed by atoms with Crippen molar-refractivity contribution in [3.8, 4) is 0 Å². The van der Waals surface area contributed by atoms with Crippen LogP contribution in [0.3, 0.4) is 0 Å². The number of esters is 4. The fourth-order valence-corrected chi connectivity index (χ4v) is 16.0. The SMILES string of the molecule is CCCCCCCCCCCCCCCCCCCCC(=O)O[C@H](COC(=O)CCCCCCCCCCCC)COP(=O)(O)OC[C@H](O)COP(=O)(O)OC[C@@H](COC(=O)CCCCCCCCCCCCCCCCCCCCC(C)C)OC(=O)CCCCCCCCCCCCCCCCCCCCC(C)CC. The van der Waals surface area contributed by atoms with Gasteiger partial charge in [0.15, 0.2) is 12.2 Å². The van der Waals surface area contributed by atoms with Gasteiger partial charge in [0.1, 0.15) is 19.3 Å². The van der Waals surface area contributed by atoms with Crippen molar-refractivity contribution in [2.24, 2.45) is 11.8 Å². The van der Waals surface area contributed by atoms with E-state index in [9.17, 15) is 43.2 Å². The van der Waals surface area contributed by atoms with Crippen LogP contribution in [0.15, 0.2) is 0 Å². The number of carbonyl (C=O) groups excluding carboxylic acids is 4. The molecule has 0 saturated carbocycles. The molecule has 0 heterocycles. The number of ether oxygens (including phenoxy) is 4. The molecule has 0 radical (unpaired) electrons. The Morgan fingerprint density at radius 2 is 0.459 bits per heavy atom. The van der Waals surface area contributed by atoms with Crippen LogP contribution in [0.25, 0.3) is 0 Å². The summed E-state index contributed by atoms with van der Waals surface area (Å²) in [5, 5.41) is 10.7. The highest BCUT2D eigenvalue weighted by molar-refractivity contribution is 7.47. The number of unbranched alkanes of at least 4 members (excludes halogenated alkanes) is 60. The zero-order valence-corrected chi connectivity index (χ0v) is 75.1. The molecular formula is C92H180O17P2. The minimum Gasteiger partial charge on any atom is -0.462 e. The average Bonchev–Trinajstić information content (AvgIpc) is 0.898. The summed E-state index contributed by atoms with van der Waals surface area (Å²) in [6.45, 7) is 9.81. The highest BCUT2D eigenvalue weighted by atomic mass is 31.2. The second-order valence-corrected chi connectivity index (χ2v) is 36.7. The van der Waals surface area contributed by atoms with E-state index >= 15 is 0 Å². The predicted molar refractivity (Wildman–Crippen MR) is 460 cm³/mol. The zero-order chi connectivity index (χ0) is 81.3. The maximum Gasteiger partial charge on any atom is 0.472 e. The van der Waals surface area contributed by atoms with E-state index in [-0.39, 0.29) is 25.7 Å². The van der Waals surface area contributed by atoms with E-state index in [0.29, 0.717) is 25.7 Å². The lowest BCUT2D eigenvalue weighted by Crippen LogP contribution is -2.30. The van der Waals surface area contributed by atoms with E-state index < -0.39 is 97.5 Å². The van der Waals surface area contributed by atoms with Gasteiger partial charge in [0.2, 0.25) is 0 Å². The van der Waals surface area contributed by atoms with Crippen molar-refractivity contribution in [3.05, 3.63) is 0 Å². The zero-order valence-electron chi connectivity index (χ0n) is 73.3. The van der Waals surface area contributed by atoms with Gasteiger partial charge in [-0.3, -0.25) is 37.3 Å². The molecule has 19 heteroatoms. The normalized spacial score (nSPS) is 14.0. The first-order valence-corrected chi connectivity index (χ1v) is 50.5. The van der Waals surface area contributed by atoms with Crippen LogP contribution >= 0.6 is 15.6 Å². The molecule has 660 valence electrons. The topological polar surface area (TPSA) is 237 Å².